The van der Waals surface area contributed by atoms with E-state index in [1.807, 2.05) is 25.1 Å². The Morgan fingerprint density at radius 2 is 1.81 bits per heavy atom. The second kappa shape index (κ2) is 7.56. The summed E-state index contributed by atoms with van der Waals surface area (Å²) in [6.07, 6.45) is 0. The van der Waals surface area contributed by atoms with Gasteiger partial charge in [0.05, 0.1) is 14.2 Å². The Balaban J connectivity index is 1.86. The smallest absolute Gasteiger partial charge is 0.254 e. The molecule has 0 fully saturated rings. The minimum atomic E-state index is -0.135. The minimum absolute atomic E-state index is 0.135. The molecule has 0 N–H and O–H groups in total. The van der Waals surface area contributed by atoms with Crippen LogP contribution in [0.2, 0.25) is 0 Å². The number of hydrogen-bond acceptors (Lipinski definition) is 5. The van der Waals surface area contributed by atoms with Gasteiger partial charge in [0.15, 0.2) is 11.5 Å². The zero-order chi connectivity index (χ0) is 18.7. The highest BCUT2D eigenvalue weighted by Crippen LogP contribution is 2.40. The number of carbonyl (C=O) groups excluding carboxylic acids is 1. The first-order valence-corrected chi connectivity index (χ1v) is 8.40. The molecule has 1 amide bonds. The van der Waals surface area contributed by atoms with Gasteiger partial charge in [0.1, 0.15) is 19.0 Å². The Labute approximate surface area is 153 Å². The van der Waals surface area contributed by atoms with Gasteiger partial charge in [-0.25, -0.2) is 0 Å². The number of amides is 1. The van der Waals surface area contributed by atoms with Crippen LogP contribution in [0.25, 0.3) is 0 Å². The largest absolute Gasteiger partial charge is 0.496 e. The molecule has 2 aromatic rings. The third-order valence-electron chi connectivity index (χ3n) is 4.27. The summed E-state index contributed by atoms with van der Waals surface area (Å²) in [6.45, 7) is 3.35. The highest BCUT2D eigenvalue weighted by Gasteiger charge is 2.23. The fraction of sp³-hybridized carbons (Fsp3) is 0.350. The van der Waals surface area contributed by atoms with Gasteiger partial charge in [0, 0.05) is 24.7 Å². The standard InChI is InChI=1S/C20H23NO5/c1-13-5-6-16(23-3)15(9-13)12-21(2)20(22)14-10-17(24-4)19-18(11-14)25-7-8-26-19/h5-6,9-11H,7-8,12H2,1-4H3. The Morgan fingerprint density at radius 1 is 1.08 bits per heavy atom. The zero-order valence-corrected chi connectivity index (χ0v) is 15.5. The highest BCUT2D eigenvalue weighted by molar-refractivity contribution is 5.95. The number of nitrogens with zero attached hydrogens (tertiary/aromatic N) is 1. The van der Waals surface area contributed by atoms with E-state index in [0.717, 1.165) is 16.9 Å². The molecule has 6 nitrogen and oxygen atoms in total. The summed E-state index contributed by atoms with van der Waals surface area (Å²) in [5.74, 6) is 2.18. The maximum Gasteiger partial charge on any atom is 0.254 e. The van der Waals surface area contributed by atoms with Crippen LogP contribution in [0.3, 0.4) is 0 Å². The molecular formula is C20H23NO5. The molecule has 1 aliphatic rings. The van der Waals surface area contributed by atoms with Gasteiger partial charge in [-0.05, 0) is 25.1 Å². The van der Waals surface area contributed by atoms with Crippen LogP contribution in [0.4, 0.5) is 0 Å². The lowest BCUT2D eigenvalue weighted by molar-refractivity contribution is 0.0782. The van der Waals surface area contributed by atoms with Crippen LogP contribution in [0.5, 0.6) is 23.0 Å². The van der Waals surface area contributed by atoms with Crippen molar-refractivity contribution >= 4 is 5.91 Å². The molecule has 0 bridgehead atoms. The van der Waals surface area contributed by atoms with Crippen LogP contribution in [0.1, 0.15) is 21.5 Å². The molecule has 138 valence electrons. The maximum atomic E-state index is 12.9. The van der Waals surface area contributed by atoms with E-state index in [2.05, 4.69) is 0 Å². The van der Waals surface area contributed by atoms with Crippen LogP contribution in [0, 0.1) is 6.92 Å². The zero-order valence-electron chi connectivity index (χ0n) is 15.5. The summed E-state index contributed by atoms with van der Waals surface area (Å²) in [6, 6.07) is 9.29. The lowest BCUT2D eigenvalue weighted by Crippen LogP contribution is -2.27. The summed E-state index contributed by atoms with van der Waals surface area (Å²) < 4.78 is 22.0. The van der Waals surface area contributed by atoms with Crippen molar-refractivity contribution < 1.29 is 23.7 Å². The second-order valence-electron chi connectivity index (χ2n) is 6.18. The van der Waals surface area contributed by atoms with E-state index in [0.29, 0.717) is 42.6 Å². The molecule has 0 saturated carbocycles. The number of carbonyl (C=O) groups is 1. The van der Waals surface area contributed by atoms with Gasteiger partial charge in [-0.2, -0.15) is 0 Å². The van der Waals surface area contributed by atoms with Gasteiger partial charge in [-0.1, -0.05) is 17.7 Å². The first kappa shape index (κ1) is 17.9. The van der Waals surface area contributed by atoms with Crippen molar-refractivity contribution in [2.45, 2.75) is 13.5 Å². The van der Waals surface area contributed by atoms with E-state index in [9.17, 15) is 4.79 Å². The normalized spacial score (nSPS) is 12.5. The van der Waals surface area contributed by atoms with Crippen LogP contribution < -0.4 is 18.9 Å². The average molecular weight is 357 g/mol. The van der Waals surface area contributed by atoms with Gasteiger partial charge in [-0.3, -0.25) is 4.79 Å². The molecule has 0 unspecified atom stereocenters. The first-order chi connectivity index (χ1) is 12.5. The monoisotopic (exact) mass is 357 g/mol. The summed E-state index contributed by atoms with van der Waals surface area (Å²) in [5.41, 5.74) is 2.55. The maximum absolute atomic E-state index is 12.9. The molecule has 0 atom stereocenters. The third-order valence-corrected chi connectivity index (χ3v) is 4.27. The fourth-order valence-electron chi connectivity index (χ4n) is 2.98. The van der Waals surface area contributed by atoms with Gasteiger partial charge in [-0.15, -0.1) is 0 Å². The Morgan fingerprint density at radius 3 is 2.54 bits per heavy atom. The highest BCUT2D eigenvalue weighted by atomic mass is 16.6. The summed E-state index contributed by atoms with van der Waals surface area (Å²) in [4.78, 5) is 14.6. The van der Waals surface area contributed by atoms with E-state index in [-0.39, 0.29) is 5.91 Å². The molecular weight excluding hydrogens is 334 g/mol. The summed E-state index contributed by atoms with van der Waals surface area (Å²) in [7, 11) is 4.93. The van der Waals surface area contributed by atoms with Crippen molar-refractivity contribution in [3.8, 4) is 23.0 Å². The van der Waals surface area contributed by atoms with Gasteiger partial charge in [0.2, 0.25) is 5.75 Å². The number of hydrogen-bond donors (Lipinski definition) is 0. The van der Waals surface area contributed by atoms with Crippen molar-refractivity contribution in [1.29, 1.82) is 0 Å². The van der Waals surface area contributed by atoms with Crippen molar-refractivity contribution in [2.75, 3.05) is 34.5 Å². The Kier molecular flexibility index (Phi) is 5.21. The van der Waals surface area contributed by atoms with E-state index in [1.165, 1.54) is 0 Å². The molecule has 2 aromatic carbocycles. The molecule has 0 aliphatic carbocycles. The molecule has 0 saturated heterocycles. The summed E-state index contributed by atoms with van der Waals surface area (Å²) in [5, 5.41) is 0. The number of rotatable bonds is 5. The molecule has 0 radical (unpaired) electrons. The molecule has 0 spiro atoms. The topological polar surface area (TPSA) is 57.2 Å². The Hall–Kier alpha value is -2.89. The van der Waals surface area contributed by atoms with Gasteiger partial charge >= 0.3 is 0 Å². The quantitative estimate of drug-likeness (QED) is 0.823. The number of ether oxygens (including phenoxy) is 4. The first-order valence-electron chi connectivity index (χ1n) is 8.40. The Bertz CT molecular complexity index is 801. The predicted molar refractivity (Wildman–Crippen MR) is 97.5 cm³/mol. The average Bonchev–Trinajstić information content (AvgIpc) is 2.66. The van der Waals surface area contributed by atoms with Crippen molar-refractivity contribution in [3.05, 3.63) is 47.0 Å². The minimum Gasteiger partial charge on any atom is -0.496 e. The molecule has 1 heterocycles. The van der Waals surface area contributed by atoms with Crippen LogP contribution in [0.15, 0.2) is 30.3 Å². The van der Waals surface area contributed by atoms with Crippen LogP contribution in [-0.2, 0) is 6.54 Å². The van der Waals surface area contributed by atoms with Crippen molar-refractivity contribution in [2.24, 2.45) is 0 Å². The molecule has 0 aromatic heterocycles. The van der Waals surface area contributed by atoms with E-state index in [1.54, 1.807) is 38.3 Å². The lowest BCUT2D eigenvalue weighted by atomic mass is 10.1. The lowest BCUT2D eigenvalue weighted by Gasteiger charge is -2.23. The number of benzene rings is 2. The van der Waals surface area contributed by atoms with Crippen LogP contribution in [-0.4, -0.2) is 45.3 Å². The third kappa shape index (κ3) is 3.54. The molecule has 1 aliphatic heterocycles. The van der Waals surface area contributed by atoms with Crippen LogP contribution >= 0.6 is 0 Å². The number of aryl methyl sites for hydroxylation is 1. The molecule has 26 heavy (non-hydrogen) atoms. The molecule has 3 rings (SSSR count). The second-order valence-corrected chi connectivity index (χ2v) is 6.18. The van der Waals surface area contributed by atoms with Crippen molar-refractivity contribution in [1.82, 2.24) is 4.90 Å². The van der Waals surface area contributed by atoms with Gasteiger partial charge < -0.3 is 23.8 Å². The number of methoxy groups -OCH3 is 2. The fourth-order valence-corrected chi connectivity index (χ4v) is 2.98. The molecule has 6 heteroatoms. The number of fused-ring (bicyclic) bond motifs is 1. The van der Waals surface area contributed by atoms with Gasteiger partial charge in [0.25, 0.3) is 5.91 Å². The summed E-state index contributed by atoms with van der Waals surface area (Å²) >= 11 is 0. The van der Waals surface area contributed by atoms with Crippen molar-refractivity contribution in [3.63, 3.8) is 0 Å². The van der Waals surface area contributed by atoms with E-state index in [4.69, 9.17) is 18.9 Å². The van der Waals surface area contributed by atoms with E-state index >= 15 is 0 Å². The van der Waals surface area contributed by atoms with E-state index < -0.39 is 0 Å². The predicted octanol–water partition coefficient (Wildman–Crippen LogP) is 3.06. The SMILES string of the molecule is COc1ccc(C)cc1CN(C)C(=O)c1cc(OC)c2c(c1)OCCO2.